The maximum absolute atomic E-state index is 10.0. The second-order valence-corrected chi connectivity index (χ2v) is 7.60. The van der Waals surface area contributed by atoms with E-state index in [1.807, 2.05) is 62.3 Å². The summed E-state index contributed by atoms with van der Waals surface area (Å²) in [5.74, 6) is 1.66. The van der Waals surface area contributed by atoms with E-state index in [4.69, 9.17) is 9.47 Å². The largest absolute Gasteiger partial charge is 0.486 e. The fourth-order valence-corrected chi connectivity index (χ4v) is 3.90. The highest BCUT2D eigenvalue weighted by molar-refractivity contribution is 5.60. The Morgan fingerprint density at radius 1 is 0.733 bits per heavy atom. The molecule has 1 aromatic rings. The molecule has 174 valence electrons. The predicted octanol–water partition coefficient (Wildman–Crippen LogP) is 8.54. The first-order valence-corrected chi connectivity index (χ1v) is 12.2. The lowest BCUT2D eigenvalue weighted by molar-refractivity contribution is 0.157. The first-order valence-electron chi connectivity index (χ1n) is 12.2. The first kappa shape index (κ1) is 30.5. The SMILES string of the molecule is CC.CC.CC.CC.Cc1cc(C)c(C2(C#N)CCC(C)(C)CC2)c2c1OCCO2. The van der Waals surface area contributed by atoms with Gasteiger partial charge in [0.15, 0.2) is 11.5 Å². The van der Waals surface area contributed by atoms with Gasteiger partial charge < -0.3 is 9.47 Å². The van der Waals surface area contributed by atoms with Gasteiger partial charge in [0.25, 0.3) is 0 Å². The van der Waals surface area contributed by atoms with Gasteiger partial charge >= 0.3 is 0 Å². The lowest BCUT2D eigenvalue weighted by atomic mass is 9.62. The summed E-state index contributed by atoms with van der Waals surface area (Å²) in [6, 6.07) is 4.79. The fourth-order valence-electron chi connectivity index (χ4n) is 3.90. The number of ether oxygens (including phenoxy) is 2. The zero-order chi connectivity index (χ0) is 24.0. The molecule has 3 heteroatoms. The van der Waals surface area contributed by atoms with Gasteiger partial charge in [-0.15, -0.1) is 0 Å². The van der Waals surface area contributed by atoms with E-state index in [1.54, 1.807) is 0 Å². The summed E-state index contributed by atoms with van der Waals surface area (Å²) in [4.78, 5) is 0. The molecule has 1 aliphatic heterocycles. The molecular weight excluding hydrogens is 370 g/mol. The van der Waals surface area contributed by atoms with Gasteiger partial charge in [-0.25, -0.2) is 0 Å². The van der Waals surface area contributed by atoms with Crippen molar-refractivity contribution in [2.45, 2.75) is 114 Å². The van der Waals surface area contributed by atoms with Crippen LogP contribution in [0.2, 0.25) is 0 Å². The Labute approximate surface area is 188 Å². The zero-order valence-corrected chi connectivity index (χ0v) is 22.1. The molecule has 0 unspecified atom stereocenters. The number of hydrogen-bond acceptors (Lipinski definition) is 3. The summed E-state index contributed by atoms with van der Waals surface area (Å²) < 4.78 is 11.8. The molecule has 0 radical (unpaired) electrons. The lowest BCUT2D eigenvalue weighted by Gasteiger charge is -2.41. The smallest absolute Gasteiger partial charge is 0.166 e. The van der Waals surface area contributed by atoms with Crippen LogP contribution in [0, 0.1) is 30.6 Å². The van der Waals surface area contributed by atoms with Gasteiger partial charge in [-0.2, -0.15) is 5.26 Å². The van der Waals surface area contributed by atoms with Crippen LogP contribution in [0.15, 0.2) is 6.07 Å². The number of hydrogen-bond donors (Lipinski definition) is 0. The third-order valence-electron chi connectivity index (χ3n) is 5.34. The van der Waals surface area contributed by atoms with Crippen molar-refractivity contribution in [2.75, 3.05) is 13.2 Å². The molecule has 30 heavy (non-hydrogen) atoms. The molecule has 0 N–H and O–H groups in total. The van der Waals surface area contributed by atoms with Crippen molar-refractivity contribution in [3.05, 3.63) is 22.8 Å². The van der Waals surface area contributed by atoms with Crippen molar-refractivity contribution < 1.29 is 9.47 Å². The number of fused-ring (bicyclic) bond motifs is 1. The van der Waals surface area contributed by atoms with E-state index in [0.717, 1.165) is 53.9 Å². The molecule has 1 aliphatic carbocycles. The molecule has 0 amide bonds. The molecule has 0 atom stereocenters. The summed E-state index contributed by atoms with van der Waals surface area (Å²) in [6.45, 7) is 25.9. The van der Waals surface area contributed by atoms with Crippen LogP contribution in [0.3, 0.4) is 0 Å². The third-order valence-corrected chi connectivity index (χ3v) is 5.34. The van der Waals surface area contributed by atoms with Crippen LogP contribution >= 0.6 is 0 Å². The molecular formula is C27H49NO2. The molecule has 0 saturated heterocycles. The molecule has 1 heterocycles. The molecule has 3 nitrogen and oxygen atoms in total. The second-order valence-electron chi connectivity index (χ2n) is 7.60. The topological polar surface area (TPSA) is 42.2 Å². The van der Waals surface area contributed by atoms with E-state index < -0.39 is 5.41 Å². The number of aryl methyl sites for hydroxylation is 2. The molecule has 1 saturated carbocycles. The lowest BCUT2D eigenvalue weighted by Crippen LogP contribution is -2.35. The van der Waals surface area contributed by atoms with Crippen LogP contribution in [0.25, 0.3) is 0 Å². The molecule has 1 fully saturated rings. The fraction of sp³-hybridized carbons (Fsp3) is 0.741. The number of nitrogens with zero attached hydrogens (tertiary/aromatic N) is 1. The van der Waals surface area contributed by atoms with E-state index in [9.17, 15) is 5.26 Å². The summed E-state index contributed by atoms with van der Waals surface area (Å²) in [6.07, 6.45) is 3.94. The van der Waals surface area contributed by atoms with Crippen LogP contribution < -0.4 is 9.47 Å². The van der Waals surface area contributed by atoms with Crippen LogP contribution in [-0.2, 0) is 5.41 Å². The van der Waals surface area contributed by atoms with E-state index in [0.29, 0.717) is 18.6 Å². The van der Waals surface area contributed by atoms with Gasteiger partial charge in [-0.1, -0.05) is 75.3 Å². The van der Waals surface area contributed by atoms with E-state index in [2.05, 4.69) is 32.9 Å². The van der Waals surface area contributed by atoms with Gasteiger partial charge in [0.1, 0.15) is 13.2 Å². The highest BCUT2D eigenvalue weighted by Crippen LogP contribution is 2.52. The Bertz CT molecular complexity index is 631. The maximum atomic E-state index is 10.0. The molecule has 2 aliphatic rings. The van der Waals surface area contributed by atoms with Crippen LogP contribution in [0.5, 0.6) is 11.5 Å². The average molecular weight is 420 g/mol. The zero-order valence-electron chi connectivity index (χ0n) is 22.1. The average Bonchev–Trinajstić information content (AvgIpc) is 2.80. The quantitative estimate of drug-likeness (QED) is 0.458. The molecule has 0 bridgehead atoms. The Morgan fingerprint density at radius 2 is 1.17 bits per heavy atom. The molecule has 0 aromatic heterocycles. The minimum absolute atomic E-state index is 0.330. The Balaban J connectivity index is 0. The summed E-state index contributed by atoms with van der Waals surface area (Å²) >= 11 is 0. The number of nitriles is 1. The minimum atomic E-state index is -0.432. The van der Waals surface area contributed by atoms with Crippen molar-refractivity contribution in [3.63, 3.8) is 0 Å². The molecule has 1 aromatic carbocycles. The third kappa shape index (κ3) is 7.22. The Morgan fingerprint density at radius 3 is 1.60 bits per heavy atom. The number of rotatable bonds is 1. The highest BCUT2D eigenvalue weighted by Gasteiger charge is 2.43. The van der Waals surface area contributed by atoms with Crippen LogP contribution in [0.4, 0.5) is 0 Å². The molecule has 0 spiro atoms. The second kappa shape index (κ2) is 15.2. The van der Waals surface area contributed by atoms with Gasteiger partial charge in [-0.05, 0) is 56.1 Å². The molecule has 3 rings (SSSR count). The standard InChI is InChI=1S/C19H25NO2.4C2H6/c1-13-11-14(2)16-17(22-10-9-21-16)15(13)19(12-20)7-5-18(3,4)6-8-19;4*1-2/h11H,5-10H2,1-4H3;4*1-2H3. The summed E-state index contributed by atoms with van der Waals surface area (Å²) in [5, 5.41) is 10.0. The van der Waals surface area contributed by atoms with Gasteiger partial charge in [0, 0.05) is 5.56 Å². The van der Waals surface area contributed by atoms with E-state index >= 15 is 0 Å². The van der Waals surface area contributed by atoms with Crippen molar-refractivity contribution in [2.24, 2.45) is 5.41 Å². The maximum Gasteiger partial charge on any atom is 0.166 e. The van der Waals surface area contributed by atoms with Gasteiger partial charge in [0.05, 0.1) is 11.5 Å². The first-order chi connectivity index (χ1) is 14.4. The number of benzene rings is 1. The summed E-state index contributed by atoms with van der Waals surface area (Å²) in [7, 11) is 0. The monoisotopic (exact) mass is 419 g/mol. The van der Waals surface area contributed by atoms with Gasteiger partial charge in [0.2, 0.25) is 0 Å². The van der Waals surface area contributed by atoms with Crippen molar-refractivity contribution in [3.8, 4) is 17.6 Å². The van der Waals surface area contributed by atoms with Crippen LogP contribution in [0.1, 0.15) is 112 Å². The predicted molar refractivity (Wildman–Crippen MR) is 132 cm³/mol. The van der Waals surface area contributed by atoms with E-state index in [-0.39, 0.29) is 0 Å². The highest BCUT2D eigenvalue weighted by atomic mass is 16.6. The van der Waals surface area contributed by atoms with E-state index in [1.165, 1.54) is 0 Å². The van der Waals surface area contributed by atoms with Crippen molar-refractivity contribution in [1.82, 2.24) is 0 Å². The Kier molecular flexibility index (Phi) is 15.4. The van der Waals surface area contributed by atoms with Gasteiger partial charge in [-0.3, -0.25) is 0 Å². The normalized spacial score (nSPS) is 16.9. The summed E-state index contributed by atoms with van der Waals surface area (Å²) in [5.41, 5.74) is 3.23. The van der Waals surface area contributed by atoms with Crippen molar-refractivity contribution in [1.29, 1.82) is 5.26 Å². The minimum Gasteiger partial charge on any atom is -0.486 e. The van der Waals surface area contributed by atoms with Crippen molar-refractivity contribution >= 4 is 0 Å². The van der Waals surface area contributed by atoms with Crippen LogP contribution in [-0.4, -0.2) is 13.2 Å². The Hall–Kier alpha value is -1.69.